The van der Waals surface area contributed by atoms with Crippen LogP contribution in [0.2, 0.25) is 0 Å². The third-order valence-electron chi connectivity index (χ3n) is 2.09. The molecule has 0 spiro atoms. The summed E-state index contributed by atoms with van der Waals surface area (Å²) in [4.78, 5) is 0. The summed E-state index contributed by atoms with van der Waals surface area (Å²) in [5, 5.41) is 0. The average Bonchev–Trinajstić information content (AvgIpc) is 2.19. The van der Waals surface area contributed by atoms with Gasteiger partial charge in [-0.15, -0.1) is 0 Å². The predicted molar refractivity (Wildman–Crippen MR) is 66.6 cm³/mol. The first-order chi connectivity index (χ1) is 7.71. The number of hydrogen-bond donors (Lipinski definition) is 0. The quantitative estimate of drug-likeness (QED) is 0.593. The van der Waals surface area contributed by atoms with E-state index in [-0.39, 0.29) is 11.1 Å². The number of aryl methyl sites for hydroxylation is 1. The van der Waals surface area contributed by atoms with Gasteiger partial charge in [-0.3, -0.25) is 0 Å². The summed E-state index contributed by atoms with van der Waals surface area (Å²) in [6, 6.07) is 2.14. The van der Waals surface area contributed by atoms with Gasteiger partial charge in [-0.2, -0.15) is 0 Å². The molecule has 0 aliphatic rings. The largest absolute Gasteiger partial charge is 0.591 e. The van der Waals surface area contributed by atoms with Crippen molar-refractivity contribution in [3.63, 3.8) is 0 Å². The van der Waals surface area contributed by atoms with Crippen LogP contribution in [0.3, 0.4) is 0 Å². The molecule has 0 saturated heterocycles. The van der Waals surface area contributed by atoms with Gasteiger partial charge in [0.25, 0.3) is 0 Å². The fourth-order valence-corrected chi connectivity index (χ4v) is 1.55. The van der Waals surface area contributed by atoms with E-state index >= 15 is 0 Å². The summed E-state index contributed by atoms with van der Waals surface area (Å²) < 4.78 is 41.5. The Morgan fingerprint density at radius 3 is 2.35 bits per heavy atom. The summed E-state index contributed by atoms with van der Waals surface area (Å²) in [5.74, 6) is -1.08. The maximum Gasteiger partial charge on any atom is 0.144 e. The Morgan fingerprint density at radius 2 is 1.82 bits per heavy atom. The van der Waals surface area contributed by atoms with E-state index in [2.05, 4.69) is 4.40 Å². The molecule has 0 radical (unpaired) electrons. The van der Waals surface area contributed by atoms with E-state index in [0.29, 0.717) is 0 Å². The highest BCUT2D eigenvalue weighted by molar-refractivity contribution is 7.91. The Bertz CT molecular complexity index is 441. The molecule has 1 aromatic rings. The summed E-state index contributed by atoms with van der Waals surface area (Å²) in [7, 11) is 0. The normalized spacial score (nSPS) is 14.3. The van der Waals surface area contributed by atoms with Crippen LogP contribution in [0.4, 0.5) is 8.78 Å². The van der Waals surface area contributed by atoms with E-state index in [1.807, 2.05) is 0 Å². The van der Waals surface area contributed by atoms with Gasteiger partial charge in [-0.05, 0) is 45.4 Å². The van der Waals surface area contributed by atoms with E-state index in [4.69, 9.17) is 0 Å². The number of rotatable bonds is 2. The molecular weight excluding hydrogens is 244 g/mol. The second-order valence-corrected chi connectivity index (χ2v) is 6.65. The molecule has 5 heteroatoms. The smallest absolute Gasteiger partial charge is 0.144 e. The van der Waals surface area contributed by atoms with E-state index < -0.39 is 27.7 Å². The van der Waals surface area contributed by atoms with Gasteiger partial charge in [0.1, 0.15) is 27.7 Å². The Hall–Kier alpha value is -0.940. The molecule has 0 amide bonds. The highest BCUT2D eigenvalue weighted by Gasteiger charge is 2.25. The second-order valence-electron chi connectivity index (χ2n) is 4.72. The molecular formula is C12H15F2NOS. The lowest BCUT2D eigenvalue weighted by atomic mass is 10.1. The van der Waals surface area contributed by atoms with Crippen LogP contribution in [-0.2, 0) is 11.4 Å². The average molecular weight is 259 g/mol. The van der Waals surface area contributed by atoms with Crippen molar-refractivity contribution in [2.24, 2.45) is 4.40 Å². The van der Waals surface area contributed by atoms with Crippen LogP contribution >= 0.6 is 0 Å². The second kappa shape index (κ2) is 5.14. The summed E-state index contributed by atoms with van der Waals surface area (Å²) in [6.07, 6.45) is 1.11. The van der Waals surface area contributed by atoms with Crippen LogP contribution in [0.1, 0.15) is 31.9 Å². The van der Waals surface area contributed by atoms with Gasteiger partial charge in [0.15, 0.2) is 0 Å². The zero-order valence-electron chi connectivity index (χ0n) is 10.3. The van der Waals surface area contributed by atoms with Crippen molar-refractivity contribution < 1.29 is 13.3 Å². The Morgan fingerprint density at radius 1 is 1.24 bits per heavy atom. The van der Waals surface area contributed by atoms with Crippen LogP contribution in [0, 0.1) is 18.6 Å². The predicted octanol–water partition coefficient (Wildman–Crippen LogP) is 3.15. The van der Waals surface area contributed by atoms with E-state index in [9.17, 15) is 13.3 Å². The Kier molecular flexibility index (Phi) is 4.27. The third kappa shape index (κ3) is 3.78. The fourth-order valence-electron chi connectivity index (χ4n) is 1.02. The highest BCUT2D eigenvalue weighted by atomic mass is 32.2. The lowest BCUT2D eigenvalue weighted by Gasteiger charge is -2.17. The lowest BCUT2D eigenvalue weighted by molar-refractivity contribution is 0.561. The van der Waals surface area contributed by atoms with Crippen molar-refractivity contribution in [3.05, 3.63) is 34.9 Å². The number of nitrogens with zero attached hydrogens (tertiary/aromatic N) is 1. The minimum atomic E-state index is -1.48. The van der Waals surface area contributed by atoms with Crippen molar-refractivity contribution in [1.29, 1.82) is 0 Å². The molecule has 1 rings (SSSR count). The van der Waals surface area contributed by atoms with Crippen LogP contribution in [0.5, 0.6) is 0 Å². The monoisotopic (exact) mass is 259 g/mol. The van der Waals surface area contributed by atoms with Crippen LogP contribution in [0.25, 0.3) is 0 Å². The molecule has 17 heavy (non-hydrogen) atoms. The fraction of sp³-hybridized carbons (Fsp3) is 0.417. The minimum Gasteiger partial charge on any atom is -0.591 e. The number of halogens is 2. The molecule has 0 fully saturated rings. The van der Waals surface area contributed by atoms with Gasteiger partial charge in [-0.1, -0.05) is 4.40 Å². The molecule has 0 aliphatic heterocycles. The standard InChI is InChI=1S/C12H15F2NOS/c1-8-5-11(14)9(6-10(8)13)7-15-17(16)12(2,3)4/h5-7H,1-4H3/b15-7+. The van der Waals surface area contributed by atoms with E-state index in [1.54, 1.807) is 20.8 Å². The first-order valence-corrected chi connectivity index (χ1v) is 6.24. The van der Waals surface area contributed by atoms with Gasteiger partial charge in [0, 0.05) is 5.56 Å². The zero-order valence-corrected chi connectivity index (χ0v) is 11.1. The van der Waals surface area contributed by atoms with Crippen LogP contribution in [-0.4, -0.2) is 15.5 Å². The molecule has 0 saturated carbocycles. The van der Waals surface area contributed by atoms with Gasteiger partial charge >= 0.3 is 0 Å². The molecule has 1 atom stereocenters. The highest BCUT2D eigenvalue weighted by Crippen LogP contribution is 2.18. The molecule has 94 valence electrons. The van der Waals surface area contributed by atoms with Gasteiger partial charge in [-0.25, -0.2) is 8.78 Å². The molecule has 1 aromatic carbocycles. The maximum atomic E-state index is 13.4. The number of benzene rings is 1. The molecule has 0 aromatic heterocycles. The number of hydrogen-bond acceptors (Lipinski definition) is 2. The summed E-state index contributed by atoms with van der Waals surface area (Å²) in [5.41, 5.74) is 0.238. The lowest BCUT2D eigenvalue weighted by Crippen LogP contribution is -2.25. The molecule has 2 nitrogen and oxygen atoms in total. The molecule has 0 aliphatic carbocycles. The SMILES string of the molecule is Cc1cc(F)c(/C=N/[S+]([O-])C(C)(C)C)cc1F. The molecule has 0 bridgehead atoms. The van der Waals surface area contributed by atoms with Gasteiger partial charge in [0.05, 0.1) is 6.21 Å². The van der Waals surface area contributed by atoms with Gasteiger partial charge < -0.3 is 4.55 Å². The zero-order chi connectivity index (χ0) is 13.2. The van der Waals surface area contributed by atoms with Crippen LogP contribution in [0.15, 0.2) is 16.5 Å². The topological polar surface area (TPSA) is 35.4 Å². The van der Waals surface area contributed by atoms with Crippen molar-refractivity contribution >= 4 is 17.6 Å². The molecule has 0 heterocycles. The van der Waals surface area contributed by atoms with Crippen molar-refractivity contribution in [2.45, 2.75) is 32.4 Å². The van der Waals surface area contributed by atoms with E-state index in [0.717, 1.165) is 18.3 Å². The molecule has 1 unspecified atom stereocenters. The van der Waals surface area contributed by atoms with Crippen molar-refractivity contribution in [1.82, 2.24) is 0 Å². The minimum absolute atomic E-state index is 0.00528. The van der Waals surface area contributed by atoms with Crippen LogP contribution < -0.4 is 0 Å². The Labute approximate surface area is 103 Å². The Balaban J connectivity index is 2.96. The first kappa shape index (κ1) is 14.1. The molecule has 0 N–H and O–H groups in total. The summed E-state index contributed by atoms with van der Waals surface area (Å²) >= 11 is -1.48. The summed E-state index contributed by atoms with van der Waals surface area (Å²) in [6.45, 7) is 6.75. The van der Waals surface area contributed by atoms with Gasteiger partial charge in [0.2, 0.25) is 0 Å². The van der Waals surface area contributed by atoms with E-state index in [1.165, 1.54) is 6.92 Å². The first-order valence-electron chi connectivity index (χ1n) is 5.13. The maximum absolute atomic E-state index is 13.4. The third-order valence-corrected chi connectivity index (χ3v) is 3.43. The van der Waals surface area contributed by atoms with Crippen molar-refractivity contribution in [3.8, 4) is 0 Å². The van der Waals surface area contributed by atoms with Crippen molar-refractivity contribution in [2.75, 3.05) is 0 Å².